The molecule has 0 aliphatic carbocycles. The van der Waals surface area contributed by atoms with Gasteiger partial charge in [-0.1, -0.05) is 27.5 Å². The molecule has 1 aliphatic rings. The third-order valence-electron chi connectivity index (χ3n) is 3.79. The van der Waals surface area contributed by atoms with Gasteiger partial charge in [0.05, 0.1) is 5.41 Å². The predicted octanol–water partition coefficient (Wildman–Crippen LogP) is 3.71. The summed E-state index contributed by atoms with van der Waals surface area (Å²) in [6, 6.07) is 3.96. The van der Waals surface area contributed by atoms with Crippen molar-refractivity contribution >= 4 is 33.5 Å². The van der Waals surface area contributed by atoms with Crippen molar-refractivity contribution in [1.82, 2.24) is 4.90 Å². The maximum Gasteiger partial charge on any atom is 0.310 e. The van der Waals surface area contributed by atoms with E-state index in [4.69, 9.17) is 11.6 Å². The molecule has 0 bridgehead atoms. The molecule has 1 aliphatic heterocycles. The molecule has 104 valence electrons. The second kappa shape index (κ2) is 5.43. The van der Waals surface area contributed by atoms with Gasteiger partial charge in [-0.15, -0.1) is 0 Å². The predicted molar refractivity (Wildman–Crippen MR) is 79.5 cm³/mol. The van der Waals surface area contributed by atoms with E-state index >= 15 is 0 Å². The molecule has 1 N–H and O–H groups in total. The Labute approximate surface area is 126 Å². The highest BCUT2D eigenvalue weighted by Crippen LogP contribution is 2.33. The molecule has 1 unspecified atom stereocenters. The Kier molecular flexibility index (Phi) is 4.23. The molecule has 5 heteroatoms. The third-order valence-corrected chi connectivity index (χ3v) is 4.94. The number of carbonyl (C=O) groups is 1. The molecule has 1 aromatic rings. The zero-order chi connectivity index (χ0) is 14.2. The summed E-state index contributed by atoms with van der Waals surface area (Å²) >= 11 is 9.69. The maximum atomic E-state index is 11.2. The van der Waals surface area contributed by atoms with Crippen molar-refractivity contribution in [3.05, 3.63) is 32.8 Å². The van der Waals surface area contributed by atoms with Gasteiger partial charge in [0.25, 0.3) is 0 Å². The van der Waals surface area contributed by atoms with E-state index in [2.05, 4.69) is 20.8 Å². The topological polar surface area (TPSA) is 40.5 Å². The average Bonchev–Trinajstić information content (AvgIpc) is 2.69. The minimum atomic E-state index is -0.712. The van der Waals surface area contributed by atoms with Crippen LogP contribution in [-0.2, 0) is 11.3 Å². The molecule has 0 saturated carbocycles. The number of rotatable bonds is 3. The Balaban J connectivity index is 2.12. The van der Waals surface area contributed by atoms with E-state index in [1.54, 1.807) is 0 Å². The summed E-state index contributed by atoms with van der Waals surface area (Å²) in [5.74, 6) is -0.712. The quantitative estimate of drug-likeness (QED) is 0.907. The van der Waals surface area contributed by atoms with E-state index in [9.17, 15) is 9.90 Å². The molecule has 0 aromatic heterocycles. The monoisotopic (exact) mass is 345 g/mol. The smallest absolute Gasteiger partial charge is 0.310 e. The van der Waals surface area contributed by atoms with Crippen molar-refractivity contribution < 1.29 is 9.90 Å². The molecule has 0 radical (unpaired) electrons. The van der Waals surface area contributed by atoms with E-state index in [-0.39, 0.29) is 0 Å². The van der Waals surface area contributed by atoms with Crippen LogP contribution in [0.25, 0.3) is 0 Å². The second-order valence-corrected chi connectivity index (χ2v) is 6.78. The molecular weight excluding hydrogens is 330 g/mol. The second-order valence-electron chi connectivity index (χ2n) is 5.52. The largest absolute Gasteiger partial charge is 0.481 e. The van der Waals surface area contributed by atoms with Gasteiger partial charge in [-0.2, -0.15) is 0 Å². The van der Waals surface area contributed by atoms with Crippen LogP contribution in [0.3, 0.4) is 0 Å². The van der Waals surface area contributed by atoms with Crippen LogP contribution in [0.5, 0.6) is 0 Å². The van der Waals surface area contributed by atoms with Crippen LogP contribution in [0, 0.1) is 12.3 Å². The van der Waals surface area contributed by atoms with Crippen LogP contribution in [0.15, 0.2) is 16.6 Å². The van der Waals surface area contributed by atoms with Gasteiger partial charge in [0.15, 0.2) is 0 Å². The lowest BCUT2D eigenvalue weighted by Gasteiger charge is -2.20. The van der Waals surface area contributed by atoms with Crippen molar-refractivity contribution in [1.29, 1.82) is 0 Å². The average molecular weight is 347 g/mol. The molecule has 2 rings (SSSR count). The highest BCUT2D eigenvalue weighted by atomic mass is 79.9. The van der Waals surface area contributed by atoms with E-state index in [1.807, 2.05) is 26.0 Å². The Hall–Kier alpha value is -0.580. The molecule has 1 heterocycles. The Morgan fingerprint density at radius 1 is 1.58 bits per heavy atom. The van der Waals surface area contributed by atoms with Crippen molar-refractivity contribution in [2.45, 2.75) is 26.8 Å². The first kappa shape index (κ1) is 14.8. The number of benzene rings is 1. The minimum Gasteiger partial charge on any atom is -0.481 e. The normalized spacial score (nSPS) is 23.8. The van der Waals surface area contributed by atoms with Crippen LogP contribution < -0.4 is 0 Å². The number of hydrogen-bond acceptors (Lipinski definition) is 2. The molecule has 1 aromatic carbocycles. The molecule has 3 nitrogen and oxygen atoms in total. The van der Waals surface area contributed by atoms with Crippen molar-refractivity contribution in [2.24, 2.45) is 5.41 Å². The van der Waals surface area contributed by atoms with Crippen LogP contribution in [0.2, 0.25) is 5.02 Å². The van der Waals surface area contributed by atoms with E-state index in [0.717, 1.165) is 33.7 Å². The van der Waals surface area contributed by atoms with Gasteiger partial charge < -0.3 is 5.11 Å². The van der Waals surface area contributed by atoms with Gasteiger partial charge in [0, 0.05) is 22.6 Å². The standard InChI is InChI=1S/C14H17BrClNO2/c1-9-5-11(15)10(6-12(9)16)7-17-4-3-14(2,8-17)13(18)19/h5-6H,3-4,7-8H2,1-2H3,(H,18,19). The number of halogens is 2. The van der Waals surface area contributed by atoms with Gasteiger partial charge in [0.2, 0.25) is 0 Å². The van der Waals surface area contributed by atoms with Gasteiger partial charge >= 0.3 is 5.97 Å². The first-order valence-corrected chi connectivity index (χ1v) is 7.39. The number of aryl methyl sites for hydroxylation is 1. The fraction of sp³-hybridized carbons (Fsp3) is 0.500. The highest BCUT2D eigenvalue weighted by molar-refractivity contribution is 9.10. The molecule has 1 atom stereocenters. The van der Waals surface area contributed by atoms with Crippen molar-refractivity contribution in [3.63, 3.8) is 0 Å². The Morgan fingerprint density at radius 3 is 2.84 bits per heavy atom. The SMILES string of the molecule is Cc1cc(Br)c(CN2CCC(C)(C(=O)O)C2)cc1Cl. The summed E-state index contributed by atoms with van der Waals surface area (Å²) in [4.78, 5) is 13.4. The number of hydrogen-bond donors (Lipinski definition) is 1. The number of likely N-dealkylation sites (tertiary alicyclic amines) is 1. The van der Waals surface area contributed by atoms with Gasteiger partial charge in [0.1, 0.15) is 0 Å². The Morgan fingerprint density at radius 2 is 2.26 bits per heavy atom. The summed E-state index contributed by atoms with van der Waals surface area (Å²) in [6.07, 6.45) is 0.694. The summed E-state index contributed by atoms with van der Waals surface area (Å²) in [5, 5.41) is 9.98. The first-order chi connectivity index (χ1) is 8.82. The minimum absolute atomic E-state index is 0.584. The first-order valence-electron chi connectivity index (χ1n) is 6.22. The molecule has 1 fully saturated rings. The third kappa shape index (κ3) is 3.12. The van der Waals surface area contributed by atoms with E-state index in [1.165, 1.54) is 0 Å². The van der Waals surface area contributed by atoms with Crippen LogP contribution in [0.4, 0.5) is 0 Å². The van der Waals surface area contributed by atoms with Crippen LogP contribution >= 0.6 is 27.5 Å². The van der Waals surface area contributed by atoms with Crippen LogP contribution in [-0.4, -0.2) is 29.1 Å². The maximum absolute atomic E-state index is 11.2. The molecule has 0 spiro atoms. The van der Waals surface area contributed by atoms with Gasteiger partial charge in [-0.3, -0.25) is 9.69 Å². The molecule has 0 amide bonds. The number of nitrogens with zero attached hydrogens (tertiary/aromatic N) is 1. The summed E-state index contributed by atoms with van der Waals surface area (Å²) in [7, 11) is 0. The lowest BCUT2D eigenvalue weighted by molar-refractivity contribution is -0.147. The van der Waals surface area contributed by atoms with Crippen LogP contribution in [0.1, 0.15) is 24.5 Å². The highest BCUT2D eigenvalue weighted by Gasteiger charge is 2.40. The van der Waals surface area contributed by atoms with E-state index in [0.29, 0.717) is 13.0 Å². The van der Waals surface area contributed by atoms with Gasteiger partial charge in [-0.25, -0.2) is 0 Å². The van der Waals surface area contributed by atoms with Gasteiger partial charge in [-0.05, 0) is 50.1 Å². The number of carboxylic acids is 1. The summed E-state index contributed by atoms with van der Waals surface area (Å²) < 4.78 is 1.03. The lowest BCUT2D eigenvalue weighted by atomic mass is 9.90. The number of aliphatic carboxylic acids is 1. The Bertz CT molecular complexity index is 520. The number of carboxylic acid groups (broad SMARTS) is 1. The molecular formula is C14H17BrClNO2. The van der Waals surface area contributed by atoms with Crippen molar-refractivity contribution in [2.75, 3.05) is 13.1 Å². The zero-order valence-electron chi connectivity index (χ0n) is 11.0. The fourth-order valence-electron chi connectivity index (χ4n) is 2.42. The molecule has 19 heavy (non-hydrogen) atoms. The lowest BCUT2D eigenvalue weighted by Crippen LogP contribution is -2.31. The molecule has 1 saturated heterocycles. The van der Waals surface area contributed by atoms with E-state index < -0.39 is 11.4 Å². The summed E-state index contributed by atoms with van der Waals surface area (Å²) in [6.45, 7) is 5.89. The van der Waals surface area contributed by atoms with Crippen molar-refractivity contribution in [3.8, 4) is 0 Å². The zero-order valence-corrected chi connectivity index (χ0v) is 13.4. The fourth-order valence-corrected chi connectivity index (χ4v) is 3.19. The summed E-state index contributed by atoms with van der Waals surface area (Å²) in [5.41, 5.74) is 1.51.